The molecule has 0 spiro atoms. The number of hydrogen-bond donors (Lipinski definition) is 0. The van der Waals surface area contributed by atoms with E-state index in [-0.39, 0.29) is 5.97 Å². The molecule has 0 atom stereocenters. The Bertz CT molecular complexity index is 767. The Kier molecular flexibility index (Phi) is 9.65. The standard InChI is InChI=1S/C29H40O2/c1-3-5-7-8-9-23-11-13-24(14-12-23)25-15-17-26(18-16-25)27-19-21-28(22-20-27)31-29(30)10-6-4-2/h15-24H,3-14H2,1-2H3. The fourth-order valence-electron chi connectivity index (χ4n) is 4.81. The molecule has 1 aliphatic rings. The van der Waals surface area contributed by atoms with Gasteiger partial charge < -0.3 is 4.74 Å². The van der Waals surface area contributed by atoms with Crippen molar-refractivity contribution in [3.05, 3.63) is 54.1 Å². The van der Waals surface area contributed by atoms with Gasteiger partial charge in [-0.05, 0) is 72.8 Å². The van der Waals surface area contributed by atoms with E-state index in [1.54, 1.807) is 0 Å². The van der Waals surface area contributed by atoms with Crippen molar-refractivity contribution in [2.45, 2.75) is 96.8 Å². The highest BCUT2D eigenvalue weighted by atomic mass is 16.5. The van der Waals surface area contributed by atoms with Crippen LogP contribution in [-0.4, -0.2) is 5.97 Å². The van der Waals surface area contributed by atoms with Gasteiger partial charge in [0.15, 0.2) is 0 Å². The number of rotatable bonds is 11. The molecule has 1 fully saturated rings. The lowest BCUT2D eigenvalue weighted by Crippen LogP contribution is -2.13. The predicted octanol–water partition coefficient (Wildman–Crippen LogP) is 8.69. The molecule has 1 aliphatic carbocycles. The fourth-order valence-corrected chi connectivity index (χ4v) is 4.81. The number of ether oxygens (including phenoxy) is 1. The van der Waals surface area contributed by atoms with Crippen molar-refractivity contribution >= 4 is 5.97 Å². The predicted molar refractivity (Wildman–Crippen MR) is 130 cm³/mol. The van der Waals surface area contributed by atoms with E-state index in [0.29, 0.717) is 12.2 Å². The number of esters is 1. The molecule has 0 saturated heterocycles. The summed E-state index contributed by atoms with van der Waals surface area (Å²) in [5.74, 6) is 2.18. The molecule has 0 bridgehead atoms. The summed E-state index contributed by atoms with van der Waals surface area (Å²) < 4.78 is 5.41. The zero-order valence-electron chi connectivity index (χ0n) is 19.6. The van der Waals surface area contributed by atoms with Gasteiger partial charge in [-0.2, -0.15) is 0 Å². The minimum absolute atomic E-state index is 0.144. The monoisotopic (exact) mass is 420 g/mol. The summed E-state index contributed by atoms with van der Waals surface area (Å²) in [6.07, 6.45) is 14.9. The first-order valence-electron chi connectivity index (χ1n) is 12.6. The van der Waals surface area contributed by atoms with E-state index in [4.69, 9.17) is 4.74 Å². The third kappa shape index (κ3) is 7.52. The minimum Gasteiger partial charge on any atom is -0.427 e. The van der Waals surface area contributed by atoms with E-state index in [1.807, 2.05) is 24.3 Å². The molecular formula is C29H40O2. The topological polar surface area (TPSA) is 26.3 Å². The highest BCUT2D eigenvalue weighted by Crippen LogP contribution is 2.38. The molecule has 2 aromatic carbocycles. The van der Waals surface area contributed by atoms with E-state index in [2.05, 4.69) is 38.1 Å². The van der Waals surface area contributed by atoms with Crippen molar-refractivity contribution in [1.29, 1.82) is 0 Å². The van der Waals surface area contributed by atoms with E-state index in [1.165, 1.54) is 68.9 Å². The molecule has 0 N–H and O–H groups in total. The lowest BCUT2D eigenvalue weighted by atomic mass is 9.77. The quantitative estimate of drug-likeness (QED) is 0.206. The largest absolute Gasteiger partial charge is 0.427 e. The molecule has 0 amide bonds. The van der Waals surface area contributed by atoms with Gasteiger partial charge in [-0.15, -0.1) is 0 Å². The van der Waals surface area contributed by atoms with E-state index < -0.39 is 0 Å². The average molecular weight is 421 g/mol. The number of benzene rings is 2. The van der Waals surface area contributed by atoms with Crippen molar-refractivity contribution < 1.29 is 9.53 Å². The Morgan fingerprint density at radius 2 is 1.39 bits per heavy atom. The SMILES string of the molecule is CCCCCCC1CCC(c2ccc(-c3ccc(OC(=O)CCCC)cc3)cc2)CC1. The Morgan fingerprint density at radius 3 is 2.00 bits per heavy atom. The fraction of sp³-hybridized carbons (Fsp3) is 0.552. The van der Waals surface area contributed by atoms with Crippen molar-refractivity contribution in [3.63, 3.8) is 0 Å². The number of carbonyl (C=O) groups is 1. The van der Waals surface area contributed by atoms with Crippen LogP contribution in [0.3, 0.4) is 0 Å². The number of unbranched alkanes of at least 4 members (excludes halogenated alkanes) is 4. The summed E-state index contributed by atoms with van der Waals surface area (Å²) in [5, 5.41) is 0. The molecule has 1 saturated carbocycles. The van der Waals surface area contributed by atoms with E-state index in [0.717, 1.165) is 30.2 Å². The van der Waals surface area contributed by atoms with E-state index in [9.17, 15) is 4.79 Å². The van der Waals surface area contributed by atoms with Crippen molar-refractivity contribution in [3.8, 4) is 16.9 Å². The summed E-state index contributed by atoms with van der Waals surface area (Å²) >= 11 is 0. The van der Waals surface area contributed by atoms with Gasteiger partial charge in [-0.3, -0.25) is 4.79 Å². The third-order valence-electron chi connectivity index (χ3n) is 6.85. The number of carbonyl (C=O) groups excluding carboxylic acids is 1. The summed E-state index contributed by atoms with van der Waals surface area (Å²) in [7, 11) is 0. The Hall–Kier alpha value is -2.09. The van der Waals surface area contributed by atoms with Crippen LogP contribution in [0.15, 0.2) is 48.5 Å². The van der Waals surface area contributed by atoms with Crippen LogP contribution < -0.4 is 4.74 Å². The maximum atomic E-state index is 11.8. The maximum Gasteiger partial charge on any atom is 0.311 e. The first-order chi connectivity index (χ1) is 15.2. The van der Waals surface area contributed by atoms with Gasteiger partial charge in [0, 0.05) is 6.42 Å². The van der Waals surface area contributed by atoms with E-state index >= 15 is 0 Å². The molecular weight excluding hydrogens is 380 g/mol. The molecule has 2 heteroatoms. The van der Waals surface area contributed by atoms with Crippen molar-refractivity contribution in [2.24, 2.45) is 5.92 Å². The van der Waals surface area contributed by atoms with Crippen LogP contribution >= 0.6 is 0 Å². The van der Waals surface area contributed by atoms with Crippen molar-refractivity contribution in [2.75, 3.05) is 0 Å². The van der Waals surface area contributed by atoms with Crippen LogP contribution in [0.4, 0.5) is 0 Å². The summed E-state index contributed by atoms with van der Waals surface area (Å²) in [4.78, 5) is 11.8. The summed E-state index contributed by atoms with van der Waals surface area (Å²) in [6.45, 7) is 4.37. The molecule has 0 radical (unpaired) electrons. The zero-order chi connectivity index (χ0) is 21.9. The lowest BCUT2D eigenvalue weighted by molar-refractivity contribution is -0.134. The normalized spacial score (nSPS) is 18.6. The van der Waals surface area contributed by atoms with Crippen LogP contribution in [0.2, 0.25) is 0 Å². The van der Waals surface area contributed by atoms with Crippen LogP contribution in [0.25, 0.3) is 11.1 Å². The molecule has 31 heavy (non-hydrogen) atoms. The Morgan fingerprint density at radius 1 is 0.774 bits per heavy atom. The Balaban J connectivity index is 1.48. The van der Waals surface area contributed by atoms with Gasteiger partial charge >= 0.3 is 5.97 Å². The van der Waals surface area contributed by atoms with Gasteiger partial charge in [0.2, 0.25) is 0 Å². The van der Waals surface area contributed by atoms with Crippen LogP contribution in [0.1, 0.15) is 102 Å². The highest BCUT2D eigenvalue weighted by Gasteiger charge is 2.22. The van der Waals surface area contributed by atoms with Crippen molar-refractivity contribution in [1.82, 2.24) is 0 Å². The maximum absolute atomic E-state index is 11.8. The molecule has 0 aromatic heterocycles. The van der Waals surface area contributed by atoms with Gasteiger partial charge in [-0.1, -0.05) is 88.8 Å². The third-order valence-corrected chi connectivity index (χ3v) is 6.85. The lowest BCUT2D eigenvalue weighted by Gasteiger charge is -2.29. The van der Waals surface area contributed by atoms with Gasteiger partial charge in [-0.25, -0.2) is 0 Å². The number of hydrogen-bond acceptors (Lipinski definition) is 2. The Labute approximate surface area is 189 Å². The van der Waals surface area contributed by atoms with Gasteiger partial charge in [0.1, 0.15) is 5.75 Å². The van der Waals surface area contributed by atoms with Gasteiger partial charge in [0.25, 0.3) is 0 Å². The molecule has 168 valence electrons. The second-order valence-corrected chi connectivity index (χ2v) is 9.29. The molecule has 3 rings (SSSR count). The second kappa shape index (κ2) is 12.7. The first-order valence-corrected chi connectivity index (χ1v) is 12.6. The molecule has 2 nitrogen and oxygen atoms in total. The van der Waals surface area contributed by atoms with Crippen LogP contribution in [0, 0.1) is 5.92 Å². The second-order valence-electron chi connectivity index (χ2n) is 9.29. The van der Waals surface area contributed by atoms with Crippen LogP contribution in [-0.2, 0) is 4.79 Å². The molecule has 0 aliphatic heterocycles. The summed E-state index contributed by atoms with van der Waals surface area (Å²) in [5.41, 5.74) is 3.88. The molecule has 2 aromatic rings. The molecule has 0 heterocycles. The van der Waals surface area contributed by atoms with Crippen LogP contribution in [0.5, 0.6) is 5.75 Å². The van der Waals surface area contributed by atoms with Gasteiger partial charge in [0.05, 0.1) is 0 Å². The average Bonchev–Trinajstić information content (AvgIpc) is 2.82. The highest BCUT2D eigenvalue weighted by molar-refractivity contribution is 5.73. The summed E-state index contributed by atoms with van der Waals surface area (Å²) in [6, 6.07) is 17.0. The molecule has 0 unspecified atom stereocenters. The first kappa shape index (κ1) is 23.6. The zero-order valence-corrected chi connectivity index (χ0v) is 19.6. The minimum atomic E-state index is -0.144. The smallest absolute Gasteiger partial charge is 0.311 e.